The SMILES string of the molecule is CCCCn1nc(C(=O)N/N=C\c2cnc3ccccc3n2)c2ccccc2c1=O. The van der Waals surface area contributed by atoms with E-state index in [2.05, 4.69) is 25.6 Å². The van der Waals surface area contributed by atoms with Crippen molar-refractivity contribution in [1.29, 1.82) is 0 Å². The molecule has 8 nitrogen and oxygen atoms in total. The minimum Gasteiger partial charge on any atom is -0.267 e. The van der Waals surface area contributed by atoms with Crippen LogP contribution in [0.5, 0.6) is 0 Å². The Hall–Kier alpha value is -3.94. The summed E-state index contributed by atoms with van der Waals surface area (Å²) >= 11 is 0. The van der Waals surface area contributed by atoms with Gasteiger partial charge in [-0.1, -0.05) is 43.7 Å². The van der Waals surface area contributed by atoms with Crippen LogP contribution in [0.1, 0.15) is 35.9 Å². The molecule has 8 heteroatoms. The first-order chi connectivity index (χ1) is 14.7. The van der Waals surface area contributed by atoms with E-state index in [4.69, 9.17) is 0 Å². The number of nitrogens with one attached hydrogen (secondary N) is 1. The van der Waals surface area contributed by atoms with Gasteiger partial charge in [-0.3, -0.25) is 14.6 Å². The summed E-state index contributed by atoms with van der Waals surface area (Å²) in [5.74, 6) is -0.499. The van der Waals surface area contributed by atoms with Crippen LogP contribution in [-0.4, -0.2) is 31.9 Å². The van der Waals surface area contributed by atoms with E-state index in [1.807, 2.05) is 31.2 Å². The van der Waals surface area contributed by atoms with E-state index < -0.39 is 5.91 Å². The summed E-state index contributed by atoms with van der Waals surface area (Å²) in [4.78, 5) is 34.1. The fourth-order valence-electron chi connectivity index (χ4n) is 3.11. The fourth-order valence-corrected chi connectivity index (χ4v) is 3.11. The summed E-state index contributed by atoms with van der Waals surface area (Å²) in [7, 11) is 0. The molecule has 30 heavy (non-hydrogen) atoms. The molecule has 0 atom stereocenters. The van der Waals surface area contributed by atoms with Gasteiger partial charge >= 0.3 is 0 Å². The number of hydrazone groups is 1. The normalized spacial score (nSPS) is 11.4. The number of amides is 1. The summed E-state index contributed by atoms with van der Waals surface area (Å²) < 4.78 is 1.35. The number of rotatable bonds is 6. The Morgan fingerprint density at radius 3 is 2.63 bits per heavy atom. The van der Waals surface area contributed by atoms with Crippen LogP contribution < -0.4 is 11.0 Å². The first-order valence-electron chi connectivity index (χ1n) is 9.72. The number of carbonyl (C=O) groups excluding carboxylic acids is 1. The molecule has 1 N–H and O–H groups in total. The highest BCUT2D eigenvalue weighted by Gasteiger charge is 2.16. The highest BCUT2D eigenvalue weighted by Crippen LogP contribution is 2.13. The second-order valence-electron chi connectivity index (χ2n) is 6.76. The number of para-hydroxylation sites is 2. The average molecular weight is 400 g/mol. The molecule has 0 radical (unpaired) electrons. The number of aryl methyl sites for hydroxylation is 1. The van der Waals surface area contributed by atoms with Gasteiger partial charge in [0.15, 0.2) is 5.69 Å². The highest BCUT2D eigenvalue weighted by molar-refractivity contribution is 6.04. The summed E-state index contributed by atoms with van der Waals surface area (Å²) in [5, 5.41) is 9.24. The van der Waals surface area contributed by atoms with Gasteiger partial charge in [0.2, 0.25) is 0 Å². The number of unbranched alkanes of at least 4 members (excludes halogenated alkanes) is 1. The molecule has 0 saturated carbocycles. The van der Waals surface area contributed by atoms with Crippen LogP contribution in [0.3, 0.4) is 0 Å². The third-order valence-corrected chi connectivity index (χ3v) is 4.64. The summed E-state index contributed by atoms with van der Waals surface area (Å²) in [6.45, 7) is 2.49. The van der Waals surface area contributed by atoms with Crippen molar-refractivity contribution in [2.45, 2.75) is 26.3 Å². The monoisotopic (exact) mass is 400 g/mol. The molecule has 0 unspecified atom stereocenters. The van der Waals surface area contributed by atoms with E-state index in [1.165, 1.54) is 10.9 Å². The average Bonchev–Trinajstić information content (AvgIpc) is 2.78. The molecule has 0 bridgehead atoms. The molecule has 150 valence electrons. The third-order valence-electron chi connectivity index (χ3n) is 4.64. The Labute approximate surface area is 172 Å². The molecule has 0 fully saturated rings. The van der Waals surface area contributed by atoms with Crippen molar-refractivity contribution in [3.05, 3.63) is 76.5 Å². The topological polar surface area (TPSA) is 102 Å². The van der Waals surface area contributed by atoms with Gasteiger partial charge in [0.25, 0.3) is 11.5 Å². The quantitative estimate of drug-likeness (QED) is 0.396. The van der Waals surface area contributed by atoms with Crippen LogP contribution >= 0.6 is 0 Å². The number of carbonyl (C=O) groups is 1. The molecular formula is C22H20N6O2. The van der Waals surface area contributed by atoms with Gasteiger partial charge in [0.05, 0.1) is 28.8 Å². The maximum atomic E-state index is 12.8. The molecule has 1 amide bonds. The fraction of sp³-hybridized carbons (Fsp3) is 0.182. The number of hydrogen-bond acceptors (Lipinski definition) is 6. The lowest BCUT2D eigenvalue weighted by molar-refractivity contribution is 0.0949. The van der Waals surface area contributed by atoms with Crippen LogP contribution in [0.2, 0.25) is 0 Å². The highest BCUT2D eigenvalue weighted by atomic mass is 16.2. The number of nitrogens with zero attached hydrogens (tertiary/aromatic N) is 5. The van der Waals surface area contributed by atoms with Crippen molar-refractivity contribution in [1.82, 2.24) is 25.2 Å². The first kappa shape index (κ1) is 19.4. The standard InChI is InChI=1S/C22H20N6O2/c1-2-3-12-28-22(30)17-9-5-4-8-16(17)20(27-28)21(29)26-24-14-15-13-23-18-10-6-7-11-19(18)25-15/h4-11,13-14H,2-3,12H2,1H3,(H,26,29)/b24-14-. The van der Waals surface area contributed by atoms with Gasteiger partial charge in [-0.15, -0.1) is 0 Å². The Balaban J connectivity index is 1.61. The lowest BCUT2D eigenvalue weighted by atomic mass is 10.1. The second-order valence-corrected chi connectivity index (χ2v) is 6.76. The zero-order valence-corrected chi connectivity index (χ0v) is 16.4. The van der Waals surface area contributed by atoms with E-state index in [0.717, 1.165) is 23.9 Å². The van der Waals surface area contributed by atoms with E-state index in [1.54, 1.807) is 30.5 Å². The second kappa shape index (κ2) is 8.60. The lowest BCUT2D eigenvalue weighted by Crippen LogP contribution is -2.29. The Morgan fingerprint density at radius 2 is 1.83 bits per heavy atom. The molecule has 0 saturated heterocycles. The van der Waals surface area contributed by atoms with E-state index in [-0.39, 0.29) is 11.3 Å². The minimum atomic E-state index is -0.499. The van der Waals surface area contributed by atoms with Gasteiger partial charge < -0.3 is 0 Å². The van der Waals surface area contributed by atoms with Gasteiger partial charge in [-0.05, 0) is 24.6 Å². The zero-order valence-electron chi connectivity index (χ0n) is 16.4. The number of fused-ring (bicyclic) bond motifs is 2. The summed E-state index contributed by atoms with van der Waals surface area (Å²) in [6.07, 6.45) is 4.72. The number of aromatic nitrogens is 4. The van der Waals surface area contributed by atoms with E-state index in [9.17, 15) is 9.59 Å². The molecule has 0 aliphatic heterocycles. The van der Waals surface area contributed by atoms with E-state index in [0.29, 0.717) is 23.0 Å². The maximum Gasteiger partial charge on any atom is 0.292 e. The number of hydrogen-bond donors (Lipinski definition) is 1. The molecule has 0 aliphatic carbocycles. The van der Waals surface area contributed by atoms with Crippen molar-refractivity contribution in [3.63, 3.8) is 0 Å². The van der Waals surface area contributed by atoms with Crippen LogP contribution in [0.15, 0.2) is 64.6 Å². The Kier molecular flexibility index (Phi) is 5.56. The zero-order chi connectivity index (χ0) is 20.9. The van der Waals surface area contributed by atoms with Gasteiger partial charge in [-0.2, -0.15) is 10.2 Å². The van der Waals surface area contributed by atoms with Crippen molar-refractivity contribution in [2.24, 2.45) is 5.10 Å². The predicted molar refractivity (Wildman–Crippen MR) is 116 cm³/mol. The van der Waals surface area contributed by atoms with Crippen molar-refractivity contribution in [2.75, 3.05) is 0 Å². The molecule has 0 aliphatic rings. The van der Waals surface area contributed by atoms with Gasteiger partial charge in [0.1, 0.15) is 5.69 Å². The van der Waals surface area contributed by atoms with E-state index >= 15 is 0 Å². The van der Waals surface area contributed by atoms with Crippen LogP contribution in [0.4, 0.5) is 0 Å². The largest absolute Gasteiger partial charge is 0.292 e. The van der Waals surface area contributed by atoms with Gasteiger partial charge in [-0.25, -0.2) is 15.1 Å². The Bertz CT molecular complexity index is 1310. The maximum absolute atomic E-state index is 12.8. The van der Waals surface area contributed by atoms with Crippen LogP contribution in [-0.2, 0) is 6.54 Å². The summed E-state index contributed by atoms with van der Waals surface area (Å²) in [6, 6.07) is 14.4. The molecule has 2 heterocycles. The molecule has 0 spiro atoms. The third kappa shape index (κ3) is 3.93. The smallest absolute Gasteiger partial charge is 0.267 e. The van der Waals surface area contributed by atoms with Crippen molar-refractivity contribution >= 4 is 33.9 Å². The lowest BCUT2D eigenvalue weighted by Gasteiger charge is -2.09. The predicted octanol–water partition coefficient (Wildman–Crippen LogP) is 2.90. The minimum absolute atomic E-state index is 0.156. The molecule has 2 aromatic heterocycles. The Morgan fingerprint density at radius 1 is 1.10 bits per heavy atom. The van der Waals surface area contributed by atoms with Crippen molar-refractivity contribution in [3.8, 4) is 0 Å². The summed E-state index contributed by atoms with van der Waals surface area (Å²) in [5.41, 5.74) is 4.46. The van der Waals surface area contributed by atoms with Gasteiger partial charge in [0, 0.05) is 11.9 Å². The van der Waals surface area contributed by atoms with Crippen LogP contribution in [0, 0.1) is 0 Å². The first-order valence-corrected chi connectivity index (χ1v) is 9.72. The van der Waals surface area contributed by atoms with Crippen LogP contribution in [0.25, 0.3) is 21.8 Å². The number of benzene rings is 2. The molecule has 4 rings (SSSR count). The molecular weight excluding hydrogens is 380 g/mol. The molecule has 2 aromatic carbocycles. The van der Waals surface area contributed by atoms with Crippen molar-refractivity contribution < 1.29 is 4.79 Å². The molecule has 4 aromatic rings.